The second-order valence-electron chi connectivity index (χ2n) is 7.48. The van der Waals surface area contributed by atoms with Crippen molar-refractivity contribution in [2.45, 2.75) is 26.3 Å². The number of hydrogen-bond acceptors (Lipinski definition) is 6. The highest BCUT2D eigenvalue weighted by atomic mass is 32.1. The van der Waals surface area contributed by atoms with E-state index in [0.29, 0.717) is 24.6 Å². The first kappa shape index (κ1) is 20.8. The molecule has 158 valence electrons. The van der Waals surface area contributed by atoms with Crippen LogP contribution in [-0.4, -0.2) is 48.7 Å². The Balaban J connectivity index is 1.26. The minimum Gasteiger partial charge on any atom is -0.493 e. The first-order valence-electron chi connectivity index (χ1n) is 10.4. The zero-order valence-corrected chi connectivity index (χ0v) is 18.0. The minimum atomic E-state index is -0.0315. The molecule has 1 aliphatic heterocycles. The molecule has 0 spiro atoms. The van der Waals surface area contributed by atoms with E-state index in [1.165, 1.54) is 16.9 Å². The Morgan fingerprint density at radius 3 is 2.90 bits per heavy atom. The number of amides is 1. The number of hydrogen-bond donors (Lipinski definition) is 1. The predicted molar refractivity (Wildman–Crippen MR) is 120 cm³/mol. The van der Waals surface area contributed by atoms with Gasteiger partial charge in [-0.05, 0) is 42.7 Å². The third kappa shape index (κ3) is 5.56. The Kier molecular flexibility index (Phi) is 6.94. The summed E-state index contributed by atoms with van der Waals surface area (Å²) < 4.78 is 12.3. The second kappa shape index (κ2) is 10.0. The summed E-state index contributed by atoms with van der Waals surface area (Å²) in [6.07, 6.45) is 1.07. The van der Waals surface area contributed by atoms with Gasteiger partial charge in [0.1, 0.15) is 5.75 Å². The number of rotatable bonds is 8. The van der Waals surface area contributed by atoms with Gasteiger partial charge in [0.15, 0.2) is 5.13 Å². The number of aromatic nitrogens is 1. The molecular weight excluding hydrogens is 398 g/mol. The molecule has 4 rings (SSSR count). The summed E-state index contributed by atoms with van der Waals surface area (Å²) in [4.78, 5) is 19.2. The lowest BCUT2D eigenvalue weighted by atomic mass is 10.2. The maximum absolute atomic E-state index is 12.3. The van der Waals surface area contributed by atoms with E-state index < -0.39 is 0 Å². The van der Waals surface area contributed by atoms with Crippen molar-refractivity contribution in [1.82, 2.24) is 9.88 Å². The topological polar surface area (TPSA) is 63.7 Å². The molecule has 1 aliphatic rings. The van der Waals surface area contributed by atoms with Crippen LogP contribution < -0.4 is 10.1 Å². The number of carbonyl (C=O) groups excluding carboxylic acids is 1. The monoisotopic (exact) mass is 425 g/mol. The Labute approximate surface area is 180 Å². The van der Waals surface area contributed by atoms with E-state index in [0.717, 1.165) is 54.4 Å². The predicted octanol–water partition coefficient (Wildman–Crippen LogP) is 4.23. The van der Waals surface area contributed by atoms with Gasteiger partial charge in [-0.3, -0.25) is 9.69 Å². The molecule has 0 unspecified atom stereocenters. The molecule has 2 aromatic carbocycles. The summed E-state index contributed by atoms with van der Waals surface area (Å²) in [6, 6.07) is 14.2. The molecule has 3 aromatic rings. The SMILES string of the molecule is Cc1ccccc1OCCCC(=O)Nc1nc2ccc(CN3CCOCC3)cc2s1. The molecular formula is C23H27N3O3S. The largest absolute Gasteiger partial charge is 0.493 e. The normalized spacial score (nSPS) is 14.7. The van der Waals surface area contributed by atoms with Crippen molar-refractivity contribution in [3.8, 4) is 5.75 Å². The molecule has 1 fully saturated rings. The van der Waals surface area contributed by atoms with Crippen LogP contribution in [0.1, 0.15) is 24.0 Å². The standard InChI is InChI=1S/C23H27N3O3S/c1-17-5-2-3-6-20(17)29-12-4-7-22(27)25-23-24-19-9-8-18(15-21(19)30-23)16-26-10-13-28-14-11-26/h2-3,5-6,8-9,15H,4,7,10-14,16H2,1H3,(H,24,25,27). The number of nitrogens with one attached hydrogen (secondary N) is 1. The van der Waals surface area contributed by atoms with Gasteiger partial charge in [-0.25, -0.2) is 4.98 Å². The van der Waals surface area contributed by atoms with Gasteiger partial charge < -0.3 is 14.8 Å². The van der Waals surface area contributed by atoms with Gasteiger partial charge in [-0.15, -0.1) is 0 Å². The van der Waals surface area contributed by atoms with Crippen molar-refractivity contribution in [3.63, 3.8) is 0 Å². The number of fused-ring (bicyclic) bond motifs is 1. The molecule has 0 atom stereocenters. The van der Waals surface area contributed by atoms with E-state index in [-0.39, 0.29) is 5.91 Å². The molecule has 1 N–H and O–H groups in total. The van der Waals surface area contributed by atoms with Crippen LogP contribution in [0.2, 0.25) is 0 Å². The van der Waals surface area contributed by atoms with Crippen molar-refractivity contribution in [1.29, 1.82) is 0 Å². The average Bonchev–Trinajstić information content (AvgIpc) is 3.14. The highest BCUT2D eigenvalue weighted by molar-refractivity contribution is 7.22. The number of thiazole rings is 1. The first-order chi connectivity index (χ1) is 14.7. The summed E-state index contributed by atoms with van der Waals surface area (Å²) >= 11 is 1.52. The lowest BCUT2D eigenvalue weighted by molar-refractivity contribution is -0.116. The molecule has 0 bridgehead atoms. The number of morpholine rings is 1. The second-order valence-corrected chi connectivity index (χ2v) is 8.51. The number of ether oxygens (including phenoxy) is 2. The number of benzene rings is 2. The van der Waals surface area contributed by atoms with E-state index in [9.17, 15) is 4.79 Å². The lowest BCUT2D eigenvalue weighted by Crippen LogP contribution is -2.35. The fraction of sp³-hybridized carbons (Fsp3) is 0.391. The van der Waals surface area contributed by atoms with Crippen molar-refractivity contribution in [2.75, 3.05) is 38.2 Å². The molecule has 1 saturated heterocycles. The smallest absolute Gasteiger partial charge is 0.226 e. The molecule has 0 aliphatic carbocycles. The average molecular weight is 426 g/mol. The lowest BCUT2D eigenvalue weighted by Gasteiger charge is -2.26. The van der Waals surface area contributed by atoms with Crippen LogP contribution in [0.3, 0.4) is 0 Å². The Hall–Kier alpha value is -2.48. The van der Waals surface area contributed by atoms with Crippen LogP contribution in [0.4, 0.5) is 5.13 Å². The van der Waals surface area contributed by atoms with Gasteiger partial charge >= 0.3 is 0 Å². The Morgan fingerprint density at radius 2 is 2.07 bits per heavy atom. The van der Waals surface area contributed by atoms with Crippen LogP contribution >= 0.6 is 11.3 Å². The van der Waals surface area contributed by atoms with Gasteiger partial charge in [0.05, 0.1) is 30.0 Å². The van der Waals surface area contributed by atoms with Crippen LogP contribution in [0.5, 0.6) is 5.75 Å². The van der Waals surface area contributed by atoms with Gasteiger partial charge in [0, 0.05) is 26.1 Å². The highest BCUT2D eigenvalue weighted by Crippen LogP contribution is 2.27. The van der Waals surface area contributed by atoms with Gasteiger partial charge in [-0.1, -0.05) is 35.6 Å². The quantitative estimate of drug-likeness (QED) is 0.547. The van der Waals surface area contributed by atoms with Crippen LogP contribution in [0.25, 0.3) is 10.2 Å². The van der Waals surface area contributed by atoms with Crippen molar-refractivity contribution < 1.29 is 14.3 Å². The molecule has 7 heteroatoms. The molecule has 30 heavy (non-hydrogen) atoms. The summed E-state index contributed by atoms with van der Waals surface area (Å²) in [5, 5.41) is 3.58. The maximum atomic E-state index is 12.3. The van der Waals surface area contributed by atoms with E-state index in [1.807, 2.05) is 37.3 Å². The molecule has 6 nitrogen and oxygen atoms in total. The third-order valence-corrected chi connectivity index (χ3v) is 6.04. The van der Waals surface area contributed by atoms with Crippen LogP contribution in [0, 0.1) is 6.92 Å². The number of nitrogens with zero attached hydrogens (tertiary/aromatic N) is 2. The summed E-state index contributed by atoms with van der Waals surface area (Å²) in [5.41, 5.74) is 3.28. The third-order valence-electron chi connectivity index (χ3n) is 5.11. The number of anilines is 1. The van der Waals surface area contributed by atoms with Gasteiger partial charge in [0.2, 0.25) is 5.91 Å². The van der Waals surface area contributed by atoms with E-state index in [1.54, 1.807) is 0 Å². The van der Waals surface area contributed by atoms with Crippen molar-refractivity contribution in [2.24, 2.45) is 0 Å². The maximum Gasteiger partial charge on any atom is 0.226 e. The summed E-state index contributed by atoms with van der Waals surface area (Å²) in [7, 11) is 0. The molecule has 1 amide bonds. The van der Waals surface area contributed by atoms with E-state index >= 15 is 0 Å². The summed E-state index contributed by atoms with van der Waals surface area (Å²) in [6.45, 7) is 6.99. The number of aryl methyl sites for hydroxylation is 1. The fourth-order valence-corrected chi connectivity index (χ4v) is 4.40. The van der Waals surface area contributed by atoms with Gasteiger partial charge in [-0.2, -0.15) is 0 Å². The van der Waals surface area contributed by atoms with Crippen molar-refractivity contribution >= 4 is 32.6 Å². The number of carbonyl (C=O) groups is 1. The minimum absolute atomic E-state index is 0.0315. The van der Waals surface area contributed by atoms with Gasteiger partial charge in [0.25, 0.3) is 0 Å². The van der Waals surface area contributed by atoms with Crippen LogP contribution in [-0.2, 0) is 16.1 Å². The number of para-hydroxylation sites is 1. The molecule has 2 heterocycles. The zero-order chi connectivity index (χ0) is 20.8. The first-order valence-corrected chi connectivity index (χ1v) is 11.2. The highest BCUT2D eigenvalue weighted by Gasteiger charge is 2.13. The fourth-order valence-electron chi connectivity index (χ4n) is 3.45. The molecule has 0 saturated carbocycles. The molecule has 0 radical (unpaired) electrons. The van der Waals surface area contributed by atoms with E-state index in [2.05, 4.69) is 27.3 Å². The zero-order valence-electron chi connectivity index (χ0n) is 17.2. The van der Waals surface area contributed by atoms with E-state index in [4.69, 9.17) is 9.47 Å². The Morgan fingerprint density at radius 1 is 1.23 bits per heavy atom. The summed E-state index contributed by atoms with van der Waals surface area (Å²) in [5.74, 6) is 0.841. The van der Waals surface area contributed by atoms with Crippen molar-refractivity contribution in [3.05, 3.63) is 53.6 Å². The van der Waals surface area contributed by atoms with Crippen LogP contribution in [0.15, 0.2) is 42.5 Å². The Bertz CT molecular complexity index is 998. The molecule has 1 aromatic heterocycles.